The van der Waals surface area contributed by atoms with Crippen LogP contribution in [0.25, 0.3) is 0 Å². The van der Waals surface area contributed by atoms with Crippen LogP contribution in [0.3, 0.4) is 0 Å². The predicted molar refractivity (Wildman–Crippen MR) is 94.5 cm³/mol. The van der Waals surface area contributed by atoms with Crippen LogP contribution in [0.5, 0.6) is 0 Å². The van der Waals surface area contributed by atoms with E-state index in [0.29, 0.717) is 30.9 Å². The van der Waals surface area contributed by atoms with Crippen LogP contribution in [0.1, 0.15) is 46.5 Å². The fourth-order valence-electron chi connectivity index (χ4n) is 3.17. The number of piperidine rings is 1. The number of carbonyl (C=O) groups is 1. The molecule has 1 fully saturated rings. The van der Waals surface area contributed by atoms with Crippen molar-refractivity contribution in [1.29, 1.82) is 0 Å². The Morgan fingerprint density at radius 1 is 1.38 bits per heavy atom. The number of amides is 1. The summed E-state index contributed by atoms with van der Waals surface area (Å²) < 4.78 is 5.19. The molecule has 2 N–H and O–H groups in total. The molecule has 3 rings (SSSR count). The molecule has 3 heterocycles. The molecule has 1 saturated heterocycles. The highest BCUT2D eigenvalue weighted by atomic mass is 16.5. The average Bonchev–Trinajstić information content (AvgIpc) is 2.96. The fourth-order valence-corrected chi connectivity index (χ4v) is 3.17. The molecule has 1 amide bonds. The molecule has 1 aliphatic rings. The highest BCUT2D eigenvalue weighted by molar-refractivity contribution is 5.93. The van der Waals surface area contributed by atoms with Crippen molar-refractivity contribution in [3.63, 3.8) is 0 Å². The van der Waals surface area contributed by atoms with Crippen LogP contribution in [0.4, 0.5) is 0 Å². The first-order chi connectivity index (χ1) is 12.5. The van der Waals surface area contributed by atoms with Gasteiger partial charge in [-0.1, -0.05) is 12.1 Å². The second-order valence-electron chi connectivity index (χ2n) is 6.72. The van der Waals surface area contributed by atoms with Gasteiger partial charge in [-0.25, -0.2) is 9.97 Å². The Hall–Kier alpha value is -2.32. The summed E-state index contributed by atoms with van der Waals surface area (Å²) in [7, 11) is 0. The molecular weight excluding hydrogens is 334 g/mol. The van der Waals surface area contributed by atoms with Gasteiger partial charge in [0.25, 0.3) is 5.91 Å². The van der Waals surface area contributed by atoms with Crippen molar-refractivity contribution in [2.24, 2.45) is 0 Å². The summed E-state index contributed by atoms with van der Waals surface area (Å²) >= 11 is 0. The third kappa shape index (κ3) is 4.08. The number of aromatic nitrogens is 3. The van der Waals surface area contributed by atoms with Crippen molar-refractivity contribution in [3.8, 4) is 0 Å². The van der Waals surface area contributed by atoms with E-state index in [1.165, 1.54) is 12.4 Å². The van der Waals surface area contributed by atoms with Crippen LogP contribution in [0, 0.1) is 13.8 Å². The number of nitrogens with zero attached hydrogens (tertiary/aromatic N) is 4. The molecule has 0 bridgehead atoms. The van der Waals surface area contributed by atoms with Gasteiger partial charge < -0.3 is 14.9 Å². The maximum absolute atomic E-state index is 12.3. The average molecular weight is 359 g/mol. The number of carbonyl (C=O) groups excluding carboxylic acids is 1. The quantitative estimate of drug-likeness (QED) is 0.821. The lowest BCUT2D eigenvalue weighted by Crippen LogP contribution is -2.53. The van der Waals surface area contributed by atoms with Gasteiger partial charge in [0.15, 0.2) is 0 Å². The lowest BCUT2D eigenvalue weighted by molar-refractivity contribution is 0.0347. The number of rotatable bonds is 5. The Labute approximate surface area is 152 Å². The van der Waals surface area contributed by atoms with Crippen LogP contribution in [0.2, 0.25) is 0 Å². The van der Waals surface area contributed by atoms with Crippen molar-refractivity contribution in [2.75, 3.05) is 13.1 Å². The minimum absolute atomic E-state index is 0.254. The molecule has 2 atom stereocenters. The first-order valence-corrected chi connectivity index (χ1v) is 8.91. The Bertz CT molecular complexity index is 739. The molecule has 0 spiro atoms. The first kappa shape index (κ1) is 18.5. The topological polar surface area (TPSA) is 104 Å². The van der Waals surface area contributed by atoms with Gasteiger partial charge in [-0.3, -0.25) is 9.69 Å². The van der Waals surface area contributed by atoms with E-state index >= 15 is 0 Å². The molecule has 0 radical (unpaired) electrons. The van der Waals surface area contributed by atoms with E-state index in [9.17, 15) is 9.90 Å². The van der Waals surface area contributed by atoms with Gasteiger partial charge in [-0.05, 0) is 20.3 Å². The third-order valence-electron chi connectivity index (χ3n) is 4.83. The standard InChI is InChI=1S/C18H25N5O3/c1-4-17-19-7-13(8-20-17)18(25)21-15-5-6-23(10-16(15)24)9-14-11(2)22-26-12(14)3/h7-8,15-16,24H,4-6,9-10H2,1-3H3,(H,21,25)/t15-,16-/m1/s1. The molecule has 8 heteroatoms. The molecule has 0 aliphatic carbocycles. The van der Waals surface area contributed by atoms with Gasteiger partial charge in [0.05, 0.1) is 23.4 Å². The summed E-state index contributed by atoms with van der Waals surface area (Å²) in [6.45, 7) is 7.72. The van der Waals surface area contributed by atoms with Gasteiger partial charge in [-0.2, -0.15) is 0 Å². The van der Waals surface area contributed by atoms with Crippen LogP contribution in [-0.2, 0) is 13.0 Å². The summed E-state index contributed by atoms with van der Waals surface area (Å²) in [4.78, 5) is 22.8. The highest BCUT2D eigenvalue weighted by Gasteiger charge is 2.30. The number of β-amino-alcohol motifs (C(OH)–C–C–N with tert-alkyl or cyclic N) is 1. The van der Waals surface area contributed by atoms with Gasteiger partial charge in [0.2, 0.25) is 0 Å². The van der Waals surface area contributed by atoms with Crippen molar-refractivity contribution in [2.45, 2.75) is 52.3 Å². The van der Waals surface area contributed by atoms with E-state index in [1.807, 2.05) is 20.8 Å². The molecule has 1 aliphatic heterocycles. The number of hydrogen-bond donors (Lipinski definition) is 2. The van der Waals surface area contributed by atoms with E-state index in [4.69, 9.17) is 4.52 Å². The van der Waals surface area contributed by atoms with Crippen LogP contribution < -0.4 is 5.32 Å². The first-order valence-electron chi connectivity index (χ1n) is 8.91. The van der Waals surface area contributed by atoms with E-state index < -0.39 is 6.10 Å². The van der Waals surface area contributed by atoms with E-state index in [2.05, 4.69) is 25.3 Å². The van der Waals surface area contributed by atoms with Gasteiger partial charge in [0, 0.05) is 44.0 Å². The van der Waals surface area contributed by atoms with Gasteiger partial charge in [0.1, 0.15) is 11.6 Å². The fraction of sp³-hybridized carbons (Fsp3) is 0.556. The lowest BCUT2D eigenvalue weighted by atomic mass is 10.0. The molecule has 0 aromatic carbocycles. The Balaban J connectivity index is 1.56. The molecule has 0 unspecified atom stereocenters. The predicted octanol–water partition coefficient (Wildman–Crippen LogP) is 1.01. The molecule has 2 aromatic rings. The second-order valence-corrected chi connectivity index (χ2v) is 6.72. The summed E-state index contributed by atoms with van der Waals surface area (Å²) in [5.41, 5.74) is 2.35. The normalized spacial score (nSPS) is 20.9. The maximum Gasteiger partial charge on any atom is 0.254 e. The number of aliphatic hydroxyl groups excluding tert-OH is 1. The molecule has 8 nitrogen and oxygen atoms in total. The van der Waals surface area contributed by atoms with E-state index in [-0.39, 0.29) is 11.9 Å². The van der Waals surface area contributed by atoms with Crippen molar-refractivity contribution in [3.05, 3.63) is 40.8 Å². The molecule has 140 valence electrons. The number of hydrogen-bond acceptors (Lipinski definition) is 7. The second kappa shape index (κ2) is 7.92. The zero-order valence-corrected chi connectivity index (χ0v) is 15.4. The number of nitrogens with one attached hydrogen (secondary N) is 1. The summed E-state index contributed by atoms with van der Waals surface area (Å²) in [5, 5.41) is 17.3. The number of aryl methyl sites for hydroxylation is 3. The number of aliphatic hydroxyl groups is 1. The summed E-state index contributed by atoms with van der Waals surface area (Å²) in [6.07, 6.45) is 3.82. The molecule has 26 heavy (non-hydrogen) atoms. The molecular formula is C18H25N5O3. The van der Waals surface area contributed by atoms with Crippen LogP contribution in [-0.4, -0.2) is 56.3 Å². The minimum atomic E-state index is -0.635. The Kier molecular flexibility index (Phi) is 5.63. The van der Waals surface area contributed by atoms with Gasteiger partial charge in [-0.15, -0.1) is 0 Å². The largest absolute Gasteiger partial charge is 0.390 e. The van der Waals surface area contributed by atoms with Crippen LogP contribution >= 0.6 is 0 Å². The lowest BCUT2D eigenvalue weighted by Gasteiger charge is -2.36. The van der Waals surface area contributed by atoms with Crippen molar-refractivity contribution in [1.82, 2.24) is 25.3 Å². The Morgan fingerprint density at radius 2 is 2.12 bits per heavy atom. The van der Waals surface area contributed by atoms with Crippen molar-refractivity contribution < 1.29 is 14.4 Å². The minimum Gasteiger partial charge on any atom is -0.390 e. The summed E-state index contributed by atoms with van der Waals surface area (Å²) in [5.74, 6) is 1.26. The smallest absolute Gasteiger partial charge is 0.254 e. The highest BCUT2D eigenvalue weighted by Crippen LogP contribution is 2.19. The van der Waals surface area contributed by atoms with E-state index in [0.717, 1.165) is 30.0 Å². The van der Waals surface area contributed by atoms with Gasteiger partial charge >= 0.3 is 0 Å². The monoisotopic (exact) mass is 359 g/mol. The van der Waals surface area contributed by atoms with Crippen molar-refractivity contribution >= 4 is 5.91 Å². The zero-order valence-electron chi connectivity index (χ0n) is 15.4. The maximum atomic E-state index is 12.3. The Morgan fingerprint density at radius 3 is 2.69 bits per heavy atom. The SMILES string of the molecule is CCc1ncc(C(=O)N[C@@H]2CCN(Cc3c(C)noc3C)C[C@H]2O)cn1. The van der Waals surface area contributed by atoms with E-state index in [1.54, 1.807) is 0 Å². The zero-order chi connectivity index (χ0) is 18.7. The summed E-state index contributed by atoms with van der Waals surface area (Å²) in [6, 6.07) is -0.283. The molecule has 2 aromatic heterocycles. The number of likely N-dealkylation sites (tertiary alicyclic amines) is 1. The van der Waals surface area contributed by atoms with Crippen LogP contribution in [0.15, 0.2) is 16.9 Å². The molecule has 0 saturated carbocycles. The third-order valence-corrected chi connectivity index (χ3v) is 4.83.